The molecule has 4 nitrogen and oxygen atoms in total. The third kappa shape index (κ3) is 6.00. The molecule has 0 saturated heterocycles. The maximum absolute atomic E-state index is 12.2. The van der Waals surface area contributed by atoms with E-state index in [1.807, 2.05) is 0 Å². The molecule has 0 aromatic rings. The van der Waals surface area contributed by atoms with Crippen LogP contribution >= 0.6 is 0 Å². The Morgan fingerprint density at radius 1 is 0.880 bits per heavy atom. The average molecular weight is 351 g/mol. The number of carbonyl (C=O) groups is 2. The van der Waals surface area contributed by atoms with Crippen LogP contribution in [0, 0.1) is 17.3 Å². The number of nitrogens with one attached hydrogen (secondary N) is 2. The molecule has 2 saturated carbocycles. The molecule has 1 atom stereocenters. The van der Waals surface area contributed by atoms with Gasteiger partial charge in [0.25, 0.3) is 0 Å². The van der Waals surface area contributed by atoms with Gasteiger partial charge in [0.1, 0.15) is 0 Å². The summed E-state index contributed by atoms with van der Waals surface area (Å²) in [5.41, 5.74) is 0.191. The van der Waals surface area contributed by atoms with Crippen LogP contribution in [0.15, 0.2) is 0 Å². The van der Waals surface area contributed by atoms with Crippen LogP contribution in [0.3, 0.4) is 0 Å². The lowest BCUT2D eigenvalue weighted by molar-refractivity contribution is -0.128. The van der Waals surface area contributed by atoms with E-state index in [4.69, 9.17) is 0 Å². The van der Waals surface area contributed by atoms with E-state index in [1.54, 1.807) is 0 Å². The van der Waals surface area contributed by atoms with Gasteiger partial charge in [-0.3, -0.25) is 9.59 Å². The molecule has 2 aliphatic rings. The molecule has 0 aliphatic heterocycles. The van der Waals surface area contributed by atoms with Crippen LogP contribution in [0.25, 0.3) is 0 Å². The van der Waals surface area contributed by atoms with Crippen LogP contribution < -0.4 is 10.6 Å². The summed E-state index contributed by atoms with van der Waals surface area (Å²) < 4.78 is 0. The van der Waals surface area contributed by atoms with Gasteiger partial charge in [-0.1, -0.05) is 39.5 Å². The minimum atomic E-state index is 0.191. The first-order valence-corrected chi connectivity index (χ1v) is 10.7. The van der Waals surface area contributed by atoms with E-state index in [0.717, 1.165) is 58.0 Å². The van der Waals surface area contributed by atoms with E-state index in [1.165, 1.54) is 32.1 Å². The lowest BCUT2D eigenvalue weighted by atomic mass is 9.75. The molecule has 25 heavy (non-hydrogen) atoms. The van der Waals surface area contributed by atoms with Gasteiger partial charge in [0.15, 0.2) is 0 Å². The number of carbonyl (C=O) groups excluding carboxylic acids is 2. The summed E-state index contributed by atoms with van der Waals surface area (Å²) in [5, 5.41) is 6.36. The van der Waals surface area contributed by atoms with Crippen molar-refractivity contribution in [1.82, 2.24) is 10.6 Å². The van der Waals surface area contributed by atoms with Crippen LogP contribution in [0.1, 0.15) is 90.9 Å². The summed E-state index contributed by atoms with van der Waals surface area (Å²) in [5.74, 6) is 1.05. The Morgan fingerprint density at radius 2 is 1.44 bits per heavy atom. The molecule has 0 unspecified atom stereocenters. The van der Waals surface area contributed by atoms with Crippen molar-refractivity contribution in [3.05, 3.63) is 0 Å². The Kier molecular flexibility index (Phi) is 8.25. The van der Waals surface area contributed by atoms with E-state index in [2.05, 4.69) is 24.5 Å². The molecule has 0 aromatic heterocycles. The zero-order chi connectivity index (χ0) is 18.1. The highest BCUT2D eigenvalue weighted by Crippen LogP contribution is 2.34. The minimum Gasteiger partial charge on any atom is -0.356 e. The maximum atomic E-state index is 12.2. The lowest BCUT2D eigenvalue weighted by Gasteiger charge is -2.35. The third-order valence-electron chi connectivity index (χ3n) is 6.58. The van der Waals surface area contributed by atoms with Gasteiger partial charge in [0.05, 0.1) is 0 Å². The summed E-state index contributed by atoms with van der Waals surface area (Å²) in [6.07, 6.45) is 13.4. The normalized spacial score (nSPS) is 20.2. The zero-order valence-corrected chi connectivity index (χ0v) is 16.4. The van der Waals surface area contributed by atoms with Crippen molar-refractivity contribution in [3.63, 3.8) is 0 Å². The van der Waals surface area contributed by atoms with Gasteiger partial charge in [0.2, 0.25) is 11.8 Å². The molecular weight excluding hydrogens is 312 g/mol. The van der Waals surface area contributed by atoms with Crippen molar-refractivity contribution in [2.75, 3.05) is 13.1 Å². The minimum absolute atomic E-state index is 0.191. The standard InChI is InChI=1S/C21H38N2O2/c1-3-5-13-21(4-2,16-23-20(25)18-11-7-12-18)14-8-15-22-19(24)17-9-6-10-17/h17-18H,3-16H2,1-2H3,(H,22,24)(H,23,25)/t21-/m0/s1. The lowest BCUT2D eigenvalue weighted by Crippen LogP contribution is -2.42. The summed E-state index contributed by atoms with van der Waals surface area (Å²) in [4.78, 5) is 24.2. The first kappa shape index (κ1) is 20.3. The smallest absolute Gasteiger partial charge is 0.223 e. The average Bonchev–Trinajstić information content (AvgIpc) is 2.50. The maximum Gasteiger partial charge on any atom is 0.223 e. The molecule has 2 rings (SSSR count). The largest absolute Gasteiger partial charge is 0.356 e. The number of hydrogen-bond acceptors (Lipinski definition) is 2. The molecule has 2 N–H and O–H groups in total. The fraction of sp³-hybridized carbons (Fsp3) is 0.905. The van der Waals surface area contributed by atoms with E-state index < -0.39 is 0 Å². The predicted octanol–water partition coefficient (Wildman–Crippen LogP) is 4.19. The van der Waals surface area contributed by atoms with Crippen molar-refractivity contribution in [1.29, 1.82) is 0 Å². The molecule has 0 spiro atoms. The van der Waals surface area contributed by atoms with E-state index >= 15 is 0 Å². The second-order valence-corrected chi connectivity index (χ2v) is 8.33. The van der Waals surface area contributed by atoms with Gasteiger partial charge >= 0.3 is 0 Å². The Labute approximate surface area is 153 Å². The quantitative estimate of drug-likeness (QED) is 0.519. The second kappa shape index (κ2) is 10.2. The molecule has 2 fully saturated rings. The fourth-order valence-electron chi connectivity index (χ4n) is 3.91. The van der Waals surface area contributed by atoms with E-state index in [-0.39, 0.29) is 29.1 Å². The van der Waals surface area contributed by atoms with E-state index in [9.17, 15) is 9.59 Å². The van der Waals surface area contributed by atoms with E-state index in [0.29, 0.717) is 0 Å². The number of amides is 2. The van der Waals surface area contributed by atoms with Crippen LogP contribution in [0.4, 0.5) is 0 Å². The molecule has 4 heteroatoms. The van der Waals surface area contributed by atoms with Gasteiger partial charge in [-0.05, 0) is 56.8 Å². The molecule has 0 bridgehead atoms. The van der Waals surface area contributed by atoms with Gasteiger partial charge in [-0.2, -0.15) is 0 Å². The van der Waals surface area contributed by atoms with Crippen molar-refractivity contribution in [2.45, 2.75) is 90.9 Å². The zero-order valence-electron chi connectivity index (χ0n) is 16.4. The van der Waals surface area contributed by atoms with Crippen LogP contribution in [0.2, 0.25) is 0 Å². The van der Waals surface area contributed by atoms with Gasteiger partial charge in [-0.25, -0.2) is 0 Å². The molecule has 0 radical (unpaired) electrons. The number of unbranched alkanes of at least 4 members (excludes halogenated alkanes) is 1. The number of rotatable bonds is 12. The molecule has 0 heterocycles. The number of hydrogen-bond donors (Lipinski definition) is 2. The third-order valence-corrected chi connectivity index (χ3v) is 6.58. The summed E-state index contributed by atoms with van der Waals surface area (Å²) in [6, 6.07) is 0. The highest BCUT2D eigenvalue weighted by atomic mass is 16.2. The Hall–Kier alpha value is -1.06. The van der Waals surface area contributed by atoms with Gasteiger partial charge in [-0.15, -0.1) is 0 Å². The van der Waals surface area contributed by atoms with Crippen LogP contribution in [-0.4, -0.2) is 24.9 Å². The van der Waals surface area contributed by atoms with Crippen LogP contribution in [0.5, 0.6) is 0 Å². The first-order chi connectivity index (χ1) is 12.1. The summed E-state index contributed by atoms with van der Waals surface area (Å²) >= 11 is 0. The molecule has 0 aromatic carbocycles. The van der Waals surface area contributed by atoms with Crippen molar-refractivity contribution in [3.8, 4) is 0 Å². The SMILES string of the molecule is CCCC[C@@](CC)(CCCNC(=O)C1CCC1)CNC(=O)C1CCC1. The van der Waals surface area contributed by atoms with Gasteiger partial charge in [0, 0.05) is 24.9 Å². The van der Waals surface area contributed by atoms with Gasteiger partial charge < -0.3 is 10.6 Å². The first-order valence-electron chi connectivity index (χ1n) is 10.7. The topological polar surface area (TPSA) is 58.2 Å². The van der Waals surface area contributed by atoms with Crippen molar-refractivity contribution >= 4 is 11.8 Å². The van der Waals surface area contributed by atoms with Crippen molar-refractivity contribution in [2.24, 2.45) is 17.3 Å². The Balaban J connectivity index is 1.75. The Bertz CT molecular complexity index is 430. The molecule has 144 valence electrons. The molecule has 2 amide bonds. The monoisotopic (exact) mass is 350 g/mol. The second-order valence-electron chi connectivity index (χ2n) is 8.33. The van der Waals surface area contributed by atoms with Crippen molar-refractivity contribution < 1.29 is 9.59 Å². The predicted molar refractivity (Wildman–Crippen MR) is 102 cm³/mol. The Morgan fingerprint density at radius 3 is 1.92 bits per heavy atom. The fourth-order valence-corrected chi connectivity index (χ4v) is 3.91. The molecular formula is C21H38N2O2. The summed E-state index contributed by atoms with van der Waals surface area (Å²) in [6.45, 7) is 6.06. The highest BCUT2D eigenvalue weighted by molar-refractivity contribution is 5.79. The highest BCUT2D eigenvalue weighted by Gasteiger charge is 2.31. The molecule has 2 aliphatic carbocycles. The summed E-state index contributed by atoms with van der Waals surface area (Å²) in [7, 11) is 0. The van der Waals surface area contributed by atoms with Crippen LogP contribution in [-0.2, 0) is 9.59 Å².